The van der Waals surface area contributed by atoms with Crippen LogP contribution in [0.2, 0.25) is 0 Å². The van der Waals surface area contributed by atoms with Crippen LogP contribution in [0.3, 0.4) is 0 Å². The molecule has 0 N–H and O–H groups in total. The van der Waals surface area contributed by atoms with E-state index in [2.05, 4.69) is 93.6 Å². The number of hydrogen-bond acceptors (Lipinski definition) is 1. The lowest BCUT2D eigenvalue weighted by atomic mass is 10.2. The molecule has 2 heteroatoms. The van der Waals surface area contributed by atoms with Crippen molar-refractivity contribution in [3.63, 3.8) is 0 Å². The molecule has 0 aromatic heterocycles. The summed E-state index contributed by atoms with van der Waals surface area (Å²) in [6.45, 7) is 4.23. The second-order valence-corrected chi connectivity index (χ2v) is 11.1. The Bertz CT molecular complexity index is 1020. The molecule has 3 aromatic carbocycles. The van der Waals surface area contributed by atoms with Crippen molar-refractivity contribution in [2.75, 3.05) is 0 Å². The summed E-state index contributed by atoms with van der Waals surface area (Å²) < 4.78 is 0. The van der Waals surface area contributed by atoms with E-state index in [4.69, 9.17) is 0 Å². The highest BCUT2D eigenvalue weighted by Gasteiger charge is 2.29. The van der Waals surface area contributed by atoms with Crippen molar-refractivity contribution in [1.29, 1.82) is 0 Å². The van der Waals surface area contributed by atoms with E-state index in [0.717, 1.165) is 0 Å². The summed E-state index contributed by atoms with van der Waals surface area (Å²) in [5.74, 6) is 0.0450. The Hall–Kier alpha value is -2.89. The Morgan fingerprint density at radius 2 is 0.793 bits per heavy atom. The van der Waals surface area contributed by atoms with Crippen LogP contribution in [0.25, 0.3) is 0 Å². The molecule has 0 spiro atoms. The third-order valence-electron chi connectivity index (χ3n) is 5.49. The second kappa shape index (κ2) is 7.85. The number of benzene rings is 3. The van der Waals surface area contributed by atoms with Crippen LogP contribution in [-0.2, 0) is 4.79 Å². The van der Waals surface area contributed by atoms with E-state index < -0.39 is 6.89 Å². The topological polar surface area (TPSA) is 17.1 Å². The van der Waals surface area contributed by atoms with Gasteiger partial charge in [0.1, 0.15) is 0 Å². The first-order chi connectivity index (χ1) is 14.0. The average molecular weight is 396 g/mol. The van der Waals surface area contributed by atoms with Crippen molar-refractivity contribution in [3.05, 3.63) is 114 Å². The van der Waals surface area contributed by atoms with Gasteiger partial charge in [0.2, 0.25) is 0 Å². The predicted octanol–water partition coefficient (Wildman–Crippen LogP) is 4.77. The molecule has 0 heterocycles. The fourth-order valence-electron chi connectivity index (χ4n) is 3.87. The van der Waals surface area contributed by atoms with E-state index in [0.29, 0.717) is 0 Å². The highest BCUT2D eigenvalue weighted by Crippen LogP contribution is 2.47. The van der Waals surface area contributed by atoms with Gasteiger partial charge in [-0.05, 0) is 61.0 Å². The molecule has 0 aliphatic heterocycles. The zero-order valence-electron chi connectivity index (χ0n) is 17.1. The summed E-state index contributed by atoms with van der Waals surface area (Å²) in [6.07, 6.45) is 7.44. The van der Waals surface area contributed by atoms with E-state index in [9.17, 15) is 4.79 Å². The van der Waals surface area contributed by atoms with E-state index in [1.54, 1.807) is 12.2 Å². The van der Waals surface area contributed by atoms with E-state index >= 15 is 0 Å². The van der Waals surface area contributed by atoms with Gasteiger partial charge in [-0.25, -0.2) is 0 Å². The molecule has 0 amide bonds. The first-order valence-electron chi connectivity index (χ1n) is 9.88. The lowest BCUT2D eigenvalue weighted by molar-refractivity contribution is -0.110. The van der Waals surface area contributed by atoms with Gasteiger partial charge in [-0.1, -0.05) is 102 Å². The number of carbonyl (C=O) groups excluding carboxylic acids is 1. The lowest BCUT2D eigenvalue weighted by Crippen LogP contribution is -2.30. The van der Waals surface area contributed by atoms with Crippen LogP contribution >= 0.6 is 6.89 Å². The molecule has 0 fully saturated rings. The van der Waals surface area contributed by atoms with Crippen LogP contribution in [0.4, 0.5) is 0 Å². The minimum Gasteiger partial charge on any atom is -0.290 e. The maximum atomic E-state index is 11.9. The number of rotatable bonds is 3. The van der Waals surface area contributed by atoms with Crippen LogP contribution in [0.1, 0.15) is 16.7 Å². The van der Waals surface area contributed by atoms with Crippen molar-refractivity contribution >= 4 is 33.9 Å². The zero-order valence-corrected chi connectivity index (χ0v) is 18.0. The van der Waals surface area contributed by atoms with Gasteiger partial charge in [0, 0.05) is 0 Å². The number of ketones is 1. The molecular formula is C27H25OP. The van der Waals surface area contributed by atoms with Crippen LogP contribution in [0.15, 0.2) is 97.1 Å². The van der Waals surface area contributed by atoms with Crippen molar-refractivity contribution < 1.29 is 4.79 Å². The SMILES string of the molecule is Cc1ccc(P(=C2C=CC(=O)C=C2)(c2ccc(C)cc2)c2ccc(C)cc2)cc1. The molecule has 0 bridgehead atoms. The molecule has 4 rings (SSSR count). The van der Waals surface area contributed by atoms with E-state index in [1.807, 2.05) is 12.2 Å². The van der Waals surface area contributed by atoms with Gasteiger partial charge in [-0.2, -0.15) is 0 Å². The number of hydrogen-bond donors (Lipinski definition) is 0. The molecule has 1 aliphatic carbocycles. The fourth-order valence-corrected chi connectivity index (χ4v) is 8.04. The van der Waals surface area contributed by atoms with Crippen LogP contribution in [-0.4, -0.2) is 11.1 Å². The second-order valence-electron chi connectivity index (χ2n) is 7.67. The standard InChI is InChI=1S/C27H25OP/c1-20-4-12-24(13-5-20)29(25-14-6-21(2)7-15-25,26-16-8-22(3)9-17-26)27-18-10-23(28)11-19-27/h4-19H,1-3H3. The molecule has 0 radical (unpaired) electrons. The molecule has 0 atom stereocenters. The first kappa shape index (κ1) is 19.4. The molecule has 0 unspecified atom stereocenters. The number of allylic oxidation sites excluding steroid dienone is 4. The Balaban J connectivity index is 2.18. The Morgan fingerprint density at radius 1 is 0.483 bits per heavy atom. The molecular weight excluding hydrogens is 371 g/mol. The van der Waals surface area contributed by atoms with Crippen LogP contribution < -0.4 is 15.9 Å². The molecule has 0 saturated heterocycles. The summed E-state index contributed by atoms with van der Waals surface area (Å²) in [7, 11) is 0. The highest BCUT2D eigenvalue weighted by atomic mass is 31.2. The van der Waals surface area contributed by atoms with Crippen molar-refractivity contribution in [2.24, 2.45) is 0 Å². The number of carbonyl (C=O) groups is 1. The van der Waals surface area contributed by atoms with Gasteiger partial charge in [0.05, 0.1) is 0 Å². The summed E-state index contributed by atoms with van der Waals surface area (Å²) in [5.41, 5.74) is 3.73. The Morgan fingerprint density at radius 3 is 1.10 bits per heavy atom. The predicted molar refractivity (Wildman–Crippen MR) is 128 cm³/mol. The summed E-state index contributed by atoms with van der Waals surface area (Å²) in [6, 6.07) is 26.7. The first-order valence-corrected chi connectivity index (χ1v) is 11.7. The van der Waals surface area contributed by atoms with Crippen LogP contribution in [0.5, 0.6) is 0 Å². The molecule has 1 nitrogen and oxygen atoms in total. The minimum atomic E-state index is -2.12. The monoisotopic (exact) mass is 396 g/mol. The van der Waals surface area contributed by atoms with E-state index in [-0.39, 0.29) is 5.78 Å². The van der Waals surface area contributed by atoms with Crippen LogP contribution in [0, 0.1) is 20.8 Å². The quantitative estimate of drug-likeness (QED) is 0.583. The van der Waals surface area contributed by atoms with Gasteiger partial charge >= 0.3 is 0 Å². The zero-order chi connectivity index (χ0) is 20.4. The van der Waals surface area contributed by atoms with Gasteiger partial charge in [-0.3, -0.25) is 4.79 Å². The highest BCUT2D eigenvalue weighted by molar-refractivity contribution is 7.95. The molecule has 0 saturated carbocycles. The normalized spacial score (nSPS) is 13.8. The third-order valence-corrected chi connectivity index (χ3v) is 9.78. The van der Waals surface area contributed by atoms with Crippen molar-refractivity contribution in [2.45, 2.75) is 20.8 Å². The Labute approximate surface area is 173 Å². The van der Waals surface area contributed by atoms with E-state index in [1.165, 1.54) is 37.9 Å². The smallest absolute Gasteiger partial charge is 0.178 e. The maximum absolute atomic E-state index is 11.9. The molecule has 144 valence electrons. The molecule has 3 aromatic rings. The summed E-state index contributed by atoms with van der Waals surface area (Å²) in [4.78, 5) is 11.9. The average Bonchev–Trinajstić information content (AvgIpc) is 2.73. The number of aryl methyl sites for hydroxylation is 3. The third kappa shape index (κ3) is 3.59. The molecule has 29 heavy (non-hydrogen) atoms. The summed E-state index contributed by atoms with van der Waals surface area (Å²) >= 11 is 0. The van der Waals surface area contributed by atoms with Gasteiger partial charge in [0.15, 0.2) is 5.78 Å². The maximum Gasteiger partial charge on any atom is 0.178 e. The van der Waals surface area contributed by atoms with Gasteiger partial charge in [-0.15, -0.1) is 0 Å². The van der Waals surface area contributed by atoms with Gasteiger partial charge in [0.25, 0.3) is 0 Å². The summed E-state index contributed by atoms with van der Waals surface area (Å²) in [5, 5.41) is 5.10. The fraction of sp³-hybridized carbons (Fsp3) is 0.111. The van der Waals surface area contributed by atoms with Gasteiger partial charge < -0.3 is 0 Å². The largest absolute Gasteiger partial charge is 0.290 e. The Kier molecular flexibility index (Phi) is 5.26. The van der Waals surface area contributed by atoms with Crippen molar-refractivity contribution in [1.82, 2.24) is 0 Å². The molecule has 1 aliphatic rings. The van der Waals surface area contributed by atoms with Crippen molar-refractivity contribution in [3.8, 4) is 0 Å². The minimum absolute atomic E-state index is 0.0450. The lowest BCUT2D eigenvalue weighted by Gasteiger charge is -2.32.